The lowest BCUT2D eigenvalue weighted by Crippen LogP contribution is -2.46. The minimum absolute atomic E-state index is 0.0362. The molecular weight excluding hydrogens is 356 g/mol. The van der Waals surface area contributed by atoms with Gasteiger partial charge in [-0.2, -0.15) is 0 Å². The van der Waals surface area contributed by atoms with Gasteiger partial charge in [-0.15, -0.1) is 0 Å². The summed E-state index contributed by atoms with van der Waals surface area (Å²) in [6.45, 7) is 5.55. The number of aryl methyl sites for hydroxylation is 2. The van der Waals surface area contributed by atoms with Gasteiger partial charge in [-0.1, -0.05) is 11.2 Å². The second kappa shape index (κ2) is 9.48. The molecule has 0 aliphatic carbocycles. The second-order valence-electron chi connectivity index (χ2n) is 7.34. The van der Waals surface area contributed by atoms with Gasteiger partial charge in [-0.25, -0.2) is 0 Å². The summed E-state index contributed by atoms with van der Waals surface area (Å²) in [6.07, 6.45) is 5.18. The summed E-state index contributed by atoms with van der Waals surface area (Å²) in [4.78, 5) is 30.8. The van der Waals surface area contributed by atoms with Gasteiger partial charge in [0.1, 0.15) is 5.76 Å². The number of piperidine rings is 1. The number of hydrogen-bond acceptors (Lipinski definition) is 5. The molecular formula is C21H28N4O3. The summed E-state index contributed by atoms with van der Waals surface area (Å²) in [5.41, 5.74) is 3.00. The third kappa shape index (κ3) is 5.18. The molecule has 0 saturated carbocycles. The minimum atomic E-state index is -0.138. The van der Waals surface area contributed by atoms with Crippen molar-refractivity contribution < 1.29 is 14.1 Å². The van der Waals surface area contributed by atoms with Crippen LogP contribution < -0.4 is 5.32 Å². The maximum absolute atomic E-state index is 12.5. The van der Waals surface area contributed by atoms with Crippen LogP contribution in [0.25, 0.3) is 0 Å². The van der Waals surface area contributed by atoms with Gasteiger partial charge in [0.2, 0.25) is 11.8 Å². The molecule has 1 fully saturated rings. The van der Waals surface area contributed by atoms with Crippen LogP contribution in [0, 0.1) is 19.8 Å². The van der Waals surface area contributed by atoms with Crippen LogP contribution in [0.3, 0.4) is 0 Å². The van der Waals surface area contributed by atoms with E-state index in [9.17, 15) is 9.59 Å². The summed E-state index contributed by atoms with van der Waals surface area (Å²) in [5, 5.41) is 6.98. The van der Waals surface area contributed by atoms with Crippen molar-refractivity contribution >= 4 is 11.8 Å². The minimum Gasteiger partial charge on any atom is -0.361 e. The molecule has 1 aliphatic heterocycles. The van der Waals surface area contributed by atoms with E-state index in [1.54, 1.807) is 11.1 Å². The van der Waals surface area contributed by atoms with E-state index >= 15 is 0 Å². The highest BCUT2D eigenvalue weighted by atomic mass is 16.5. The summed E-state index contributed by atoms with van der Waals surface area (Å²) in [6, 6.07) is 5.78. The molecule has 7 nitrogen and oxygen atoms in total. The van der Waals surface area contributed by atoms with Gasteiger partial charge in [-0.05, 0) is 45.2 Å². The molecule has 2 aromatic heterocycles. The topological polar surface area (TPSA) is 88.3 Å². The molecule has 3 heterocycles. The summed E-state index contributed by atoms with van der Waals surface area (Å²) < 4.78 is 5.17. The number of likely N-dealkylation sites (tertiary alicyclic amines) is 1. The Morgan fingerprint density at radius 3 is 2.89 bits per heavy atom. The Bertz CT molecular complexity index is 784. The highest BCUT2D eigenvalue weighted by Crippen LogP contribution is 2.18. The van der Waals surface area contributed by atoms with E-state index in [1.165, 1.54) is 0 Å². The summed E-state index contributed by atoms with van der Waals surface area (Å²) in [5.74, 6) is 0.867. The number of nitrogens with zero attached hydrogens (tertiary/aromatic N) is 3. The predicted molar refractivity (Wildman–Crippen MR) is 105 cm³/mol. The number of nitrogens with one attached hydrogen (secondary N) is 1. The quantitative estimate of drug-likeness (QED) is 0.705. The molecule has 0 radical (unpaired) electrons. The van der Waals surface area contributed by atoms with Crippen molar-refractivity contribution in [1.29, 1.82) is 0 Å². The number of hydrogen-bond donors (Lipinski definition) is 1. The number of carbonyl (C=O) groups excluding carboxylic acids is 2. The lowest BCUT2D eigenvalue weighted by atomic mass is 9.96. The third-order valence-corrected chi connectivity index (χ3v) is 5.32. The van der Waals surface area contributed by atoms with Crippen molar-refractivity contribution in [3.05, 3.63) is 47.1 Å². The first-order valence-corrected chi connectivity index (χ1v) is 9.91. The van der Waals surface area contributed by atoms with E-state index in [4.69, 9.17) is 4.52 Å². The van der Waals surface area contributed by atoms with Gasteiger partial charge in [-0.3, -0.25) is 14.6 Å². The average molecular weight is 384 g/mol. The van der Waals surface area contributed by atoms with E-state index in [2.05, 4.69) is 15.5 Å². The third-order valence-electron chi connectivity index (χ3n) is 5.32. The van der Waals surface area contributed by atoms with Crippen molar-refractivity contribution in [2.45, 2.75) is 46.0 Å². The summed E-state index contributed by atoms with van der Waals surface area (Å²) >= 11 is 0. The molecule has 0 spiro atoms. The number of amides is 2. The Labute approximate surface area is 165 Å². The first kappa shape index (κ1) is 20.0. The molecule has 1 saturated heterocycles. The Kier molecular flexibility index (Phi) is 6.79. The molecule has 2 amide bonds. The van der Waals surface area contributed by atoms with Gasteiger partial charge in [0.05, 0.1) is 11.6 Å². The van der Waals surface area contributed by atoms with Gasteiger partial charge in [0.25, 0.3) is 0 Å². The molecule has 1 unspecified atom stereocenters. The number of aromatic nitrogens is 2. The van der Waals surface area contributed by atoms with Crippen LogP contribution in [0.1, 0.15) is 42.0 Å². The maximum atomic E-state index is 12.5. The monoisotopic (exact) mass is 384 g/mol. The second-order valence-corrected chi connectivity index (χ2v) is 7.34. The normalized spacial score (nSPS) is 17.0. The van der Waals surface area contributed by atoms with Crippen LogP contribution in [0.15, 0.2) is 28.9 Å². The van der Waals surface area contributed by atoms with E-state index in [1.807, 2.05) is 32.0 Å². The van der Waals surface area contributed by atoms with Crippen molar-refractivity contribution in [2.75, 3.05) is 19.6 Å². The Hall–Kier alpha value is -2.70. The molecule has 2 aromatic rings. The van der Waals surface area contributed by atoms with Gasteiger partial charge in [0, 0.05) is 49.9 Å². The van der Waals surface area contributed by atoms with Crippen molar-refractivity contribution in [3.63, 3.8) is 0 Å². The lowest BCUT2D eigenvalue weighted by molar-refractivity contribution is -0.138. The molecule has 3 rings (SSSR count). The molecule has 7 heteroatoms. The van der Waals surface area contributed by atoms with Crippen LogP contribution >= 0.6 is 0 Å². The standard InChI is InChI=1S/C21H28N4O3/c1-15-19(16(2)28-24-15)7-5-12-23-21(27)17-8-9-20(26)25(14-17)13-10-18-6-3-4-11-22-18/h3-4,6,11,17H,5,7-10,12-14H2,1-2H3,(H,23,27). The fourth-order valence-electron chi connectivity index (χ4n) is 3.62. The van der Waals surface area contributed by atoms with Crippen molar-refractivity contribution in [1.82, 2.24) is 20.4 Å². The lowest BCUT2D eigenvalue weighted by Gasteiger charge is -2.32. The predicted octanol–water partition coefficient (Wildman–Crippen LogP) is 2.22. The van der Waals surface area contributed by atoms with Crippen molar-refractivity contribution in [2.24, 2.45) is 5.92 Å². The van der Waals surface area contributed by atoms with Crippen molar-refractivity contribution in [3.8, 4) is 0 Å². The zero-order chi connectivity index (χ0) is 19.9. The van der Waals surface area contributed by atoms with Gasteiger partial charge >= 0.3 is 0 Å². The van der Waals surface area contributed by atoms with E-state index in [0.29, 0.717) is 38.9 Å². The number of carbonyl (C=O) groups is 2. The SMILES string of the molecule is Cc1noc(C)c1CCCNC(=O)C1CCC(=O)N(CCc2ccccn2)C1. The first-order chi connectivity index (χ1) is 13.5. The summed E-state index contributed by atoms with van der Waals surface area (Å²) in [7, 11) is 0. The zero-order valence-corrected chi connectivity index (χ0v) is 16.6. The maximum Gasteiger partial charge on any atom is 0.224 e. The Morgan fingerprint density at radius 1 is 1.32 bits per heavy atom. The Morgan fingerprint density at radius 2 is 2.18 bits per heavy atom. The molecule has 28 heavy (non-hydrogen) atoms. The van der Waals surface area contributed by atoms with Crippen LogP contribution in [-0.4, -0.2) is 46.5 Å². The van der Waals surface area contributed by atoms with Gasteiger partial charge < -0.3 is 14.7 Å². The molecule has 150 valence electrons. The highest BCUT2D eigenvalue weighted by Gasteiger charge is 2.29. The highest BCUT2D eigenvalue weighted by molar-refractivity contribution is 5.83. The van der Waals surface area contributed by atoms with Crippen LogP contribution in [0.4, 0.5) is 0 Å². The zero-order valence-electron chi connectivity index (χ0n) is 16.6. The first-order valence-electron chi connectivity index (χ1n) is 9.91. The molecule has 1 atom stereocenters. The average Bonchev–Trinajstić information content (AvgIpc) is 3.03. The van der Waals surface area contributed by atoms with Crippen LogP contribution in [0.2, 0.25) is 0 Å². The largest absolute Gasteiger partial charge is 0.361 e. The van der Waals surface area contributed by atoms with Crippen LogP contribution in [-0.2, 0) is 22.4 Å². The van der Waals surface area contributed by atoms with Gasteiger partial charge in [0.15, 0.2) is 0 Å². The van der Waals surface area contributed by atoms with E-state index in [-0.39, 0.29) is 17.7 Å². The Balaban J connectivity index is 1.42. The van der Waals surface area contributed by atoms with E-state index in [0.717, 1.165) is 35.6 Å². The molecule has 0 bridgehead atoms. The number of rotatable bonds is 8. The fourth-order valence-corrected chi connectivity index (χ4v) is 3.62. The fraction of sp³-hybridized carbons (Fsp3) is 0.524. The smallest absolute Gasteiger partial charge is 0.224 e. The van der Waals surface area contributed by atoms with E-state index < -0.39 is 0 Å². The number of pyridine rings is 1. The van der Waals surface area contributed by atoms with Crippen LogP contribution in [0.5, 0.6) is 0 Å². The molecule has 1 aliphatic rings. The molecule has 0 aromatic carbocycles. The molecule has 1 N–H and O–H groups in total.